The van der Waals surface area contributed by atoms with Crippen LogP contribution in [-0.4, -0.2) is 42.6 Å². The fourth-order valence-corrected chi connectivity index (χ4v) is 10.3. The SMILES string of the molecule is Cc1ccccc1-c1c2/c(=C(\C#N)c3cnc4ccccc4n3)n(B(c3ccccc3)c3ccccc3)c(C(C)C)c2/c(=C(\C#N)c2cnc3ccccc3n2)n1B(c1ccccc1)c1ccccc1. The Hall–Kier alpha value is -9.11. The van der Waals surface area contributed by atoms with Crippen molar-refractivity contribution in [1.82, 2.24) is 28.9 Å². The summed E-state index contributed by atoms with van der Waals surface area (Å²) in [6.45, 7) is 5.62. The molecule has 0 saturated carbocycles. The fourth-order valence-electron chi connectivity index (χ4n) is 10.3. The molecule has 4 aromatic heterocycles. The van der Waals surface area contributed by atoms with Gasteiger partial charge < -0.3 is 8.96 Å². The van der Waals surface area contributed by atoms with E-state index in [1.807, 2.05) is 72.8 Å². The van der Waals surface area contributed by atoms with Crippen LogP contribution in [0.15, 0.2) is 207 Å². The lowest BCUT2D eigenvalue weighted by Crippen LogP contribution is -2.54. The van der Waals surface area contributed by atoms with Crippen molar-refractivity contribution >= 4 is 79.5 Å². The second kappa shape index (κ2) is 18.5. The monoisotopic (exact) mass is 898 g/mol. The third-order valence-electron chi connectivity index (χ3n) is 13.2. The van der Waals surface area contributed by atoms with Crippen molar-refractivity contribution in [2.45, 2.75) is 26.7 Å². The van der Waals surface area contributed by atoms with E-state index in [0.717, 1.165) is 66.2 Å². The van der Waals surface area contributed by atoms with Crippen molar-refractivity contribution in [3.63, 3.8) is 0 Å². The summed E-state index contributed by atoms with van der Waals surface area (Å²) in [5.74, 6) is -0.164. The first-order valence-electron chi connectivity index (χ1n) is 23.5. The molecule has 0 atom stereocenters. The Kier molecular flexibility index (Phi) is 11.5. The Bertz CT molecular complexity index is 3790. The highest BCUT2D eigenvalue weighted by Crippen LogP contribution is 2.36. The van der Waals surface area contributed by atoms with Gasteiger partial charge in [-0.1, -0.05) is 206 Å². The van der Waals surface area contributed by atoms with Crippen LogP contribution >= 0.6 is 0 Å². The summed E-state index contributed by atoms with van der Waals surface area (Å²) in [6.07, 6.45) is 3.44. The zero-order valence-corrected chi connectivity index (χ0v) is 38.9. The third-order valence-corrected chi connectivity index (χ3v) is 13.2. The Labute approximate surface area is 407 Å². The summed E-state index contributed by atoms with van der Waals surface area (Å²) in [5.41, 5.74) is 12.2. The van der Waals surface area contributed by atoms with Gasteiger partial charge in [0.05, 0.1) is 45.2 Å². The van der Waals surface area contributed by atoms with E-state index < -0.39 is 13.7 Å². The molecule has 330 valence electrons. The second-order valence-electron chi connectivity index (χ2n) is 17.8. The molecule has 0 saturated heterocycles. The van der Waals surface area contributed by atoms with Crippen molar-refractivity contribution < 1.29 is 0 Å². The molecule has 11 aromatic rings. The van der Waals surface area contributed by atoms with Gasteiger partial charge >= 0.3 is 13.7 Å². The van der Waals surface area contributed by atoms with Gasteiger partial charge in [0.15, 0.2) is 0 Å². The van der Waals surface area contributed by atoms with E-state index in [1.54, 1.807) is 12.4 Å². The first kappa shape index (κ1) is 43.5. The molecule has 0 N–H and O–H groups in total. The lowest BCUT2D eigenvalue weighted by molar-refractivity contribution is 0.809. The van der Waals surface area contributed by atoms with Crippen LogP contribution in [0.3, 0.4) is 0 Å². The quantitative estimate of drug-likeness (QED) is 0.128. The average molecular weight is 899 g/mol. The smallest absolute Gasteiger partial charge is 0.328 e. The second-order valence-corrected chi connectivity index (χ2v) is 17.8. The fraction of sp³-hybridized carbons (Fsp3) is 0.0667. The molecule has 0 fully saturated rings. The highest BCUT2D eigenvalue weighted by molar-refractivity contribution is 6.85. The highest BCUT2D eigenvalue weighted by atomic mass is 15.0. The van der Waals surface area contributed by atoms with Gasteiger partial charge in [0.25, 0.3) is 0 Å². The number of hydrogen-bond donors (Lipinski definition) is 0. The molecule has 0 amide bonds. The Morgan fingerprint density at radius 1 is 0.457 bits per heavy atom. The molecule has 7 aromatic carbocycles. The van der Waals surface area contributed by atoms with Crippen molar-refractivity contribution in [3.8, 4) is 23.4 Å². The number of nitriles is 2. The number of aromatic nitrogens is 6. The molecule has 0 unspecified atom stereocenters. The van der Waals surface area contributed by atoms with Gasteiger partial charge in [-0.05, 0) is 42.7 Å². The first-order chi connectivity index (χ1) is 34.4. The van der Waals surface area contributed by atoms with Gasteiger partial charge in [0.2, 0.25) is 0 Å². The Morgan fingerprint density at radius 3 is 1.24 bits per heavy atom. The first-order valence-corrected chi connectivity index (χ1v) is 23.5. The van der Waals surface area contributed by atoms with Gasteiger partial charge in [-0.15, -0.1) is 0 Å². The van der Waals surface area contributed by atoms with Crippen LogP contribution in [0.5, 0.6) is 0 Å². The minimum absolute atomic E-state index is 0.164. The van der Waals surface area contributed by atoms with Gasteiger partial charge in [0.1, 0.15) is 34.7 Å². The van der Waals surface area contributed by atoms with Crippen molar-refractivity contribution in [1.29, 1.82) is 10.5 Å². The van der Waals surface area contributed by atoms with Gasteiger partial charge in [0, 0.05) is 27.7 Å². The van der Waals surface area contributed by atoms with Crippen LogP contribution in [-0.2, 0) is 0 Å². The van der Waals surface area contributed by atoms with E-state index in [1.165, 1.54) is 0 Å². The lowest BCUT2D eigenvalue weighted by atomic mass is 9.49. The van der Waals surface area contributed by atoms with Crippen LogP contribution in [0.2, 0.25) is 0 Å². The molecule has 10 heteroatoms. The normalized spacial score (nSPS) is 12.2. The summed E-state index contributed by atoms with van der Waals surface area (Å²) >= 11 is 0. The Morgan fingerprint density at radius 2 is 0.829 bits per heavy atom. The molecular weight excluding hydrogens is 854 g/mol. The number of fused-ring (bicyclic) bond motifs is 3. The van der Waals surface area contributed by atoms with Crippen LogP contribution in [0.1, 0.15) is 42.4 Å². The van der Waals surface area contributed by atoms with E-state index >= 15 is 0 Å². The van der Waals surface area contributed by atoms with Crippen molar-refractivity contribution in [2.75, 3.05) is 0 Å². The molecule has 8 nitrogen and oxygen atoms in total. The number of rotatable bonds is 10. The summed E-state index contributed by atoms with van der Waals surface area (Å²) in [6, 6.07) is 71.2. The molecule has 4 heterocycles. The van der Waals surface area contributed by atoms with E-state index in [0.29, 0.717) is 44.3 Å². The molecule has 0 bridgehead atoms. The minimum atomic E-state index is -0.470. The number of aryl methyl sites for hydroxylation is 1. The maximum Gasteiger partial charge on any atom is 0.328 e. The standard InChI is InChI=1S/C60H44B2N8/c1-40(2)57-55-56(60(48(37-64)54-39-66-50-33-19-21-35-52(50)68-54)69(57)61(42-23-8-4-9-24-42)43-25-10-5-11-26-43)58(46-31-17-16-22-41(46)3)70(62(44-27-12-6-13-28-44)45-29-14-7-15-30-45)59(55)47(36-63)53-38-65-49-32-18-20-34-51(49)67-53/h4-35,38-40H,1-3H3/b59-47-,60-48-. The number of benzene rings is 7. The molecule has 0 aliphatic rings. The maximum absolute atomic E-state index is 12.0. The largest absolute Gasteiger partial charge is 0.378 e. The third kappa shape index (κ3) is 7.53. The zero-order chi connectivity index (χ0) is 47.7. The summed E-state index contributed by atoms with van der Waals surface area (Å²) in [4.78, 5) is 20.3. The molecule has 0 spiro atoms. The minimum Gasteiger partial charge on any atom is -0.378 e. The van der Waals surface area contributed by atoms with Crippen LogP contribution in [0.25, 0.3) is 55.2 Å². The van der Waals surface area contributed by atoms with E-state index in [2.05, 4.69) is 163 Å². The summed E-state index contributed by atoms with van der Waals surface area (Å²) in [5, 5.41) is 27.0. The predicted octanol–water partition coefficient (Wildman–Crippen LogP) is 8.18. The zero-order valence-electron chi connectivity index (χ0n) is 38.9. The van der Waals surface area contributed by atoms with Crippen molar-refractivity contribution in [2.24, 2.45) is 0 Å². The van der Waals surface area contributed by atoms with Gasteiger partial charge in [-0.2, -0.15) is 10.5 Å². The molecule has 70 heavy (non-hydrogen) atoms. The molecule has 11 rings (SSSR count). The number of nitrogens with zero attached hydrogens (tertiary/aromatic N) is 8. The topological polar surface area (TPSA) is 109 Å². The van der Waals surface area contributed by atoms with E-state index in [-0.39, 0.29) is 5.92 Å². The summed E-state index contributed by atoms with van der Waals surface area (Å²) < 4.78 is 4.72. The average Bonchev–Trinajstić information content (AvgIpc) is 3.90. The molecular formula is C60H44B2N8. The highest BCUT2D eigenvalue weighted by Gasteiger charge is 2.37. The molecule has 0 aliphatic carbocycles. The van der Waals surface area contributed by atoms with Crippen LogP contribution in [0.4, 0.5) is 0 Å². The predicted molar refractivity (Wildman–Crippen MR) is 285 cm³/mol. The van der Waals surface area contributed by atoms with E-state index in [4.69, 9.17) is 19.9 Å². The summed E-state index contributed by atoms with van der Waals surface area (Å²) in [7, 11) is 0. The molecule has 0 radical (unpaired) electrons. The van der Waals surface area contributed by atoms with Crippen LogP contribution < -0.4 is 32.5 Å². The van der Waals surface area contributed by atoms with Crippen LogP contribution in [0, 0.1) is 29.6 Å². The number of hydrogen-bond acceptors (Lipinski definition) is 6. The van der Waals surface area contributed by atoms with E-state index in [9.17, 15) is 10.5 Å². The van der Waals surface area contributed by atoms with Gasteiger partial charge in [-0.3, -0.25) is 9.97 Å². The van der Waals surface area contributed by atoms with Crippen molar-refractivity contribution in [3.05, 3.63) is 240 Å². The molecule has 0 aliphatic heterocycles. The maximum atomic E-state index is 12.0. The Balaban J connectivity index is 1.50. The lowest BCUT2D eigenvalue weighted by Gasteiger charge is -2.25. The van der Waals surface area contributed by atoms with Gasteiger partial charge in [-0.25, -0.2) is 9.97 Å². The number of para-hydroxylation sites is 4.